The van der Waals surface area contributed by atoms with Crippen LogP contribution < -0.4 is 0 Å². The highest BCUT2D eigenvalue weighted by Crippen LogP contribution is 2.24. The molecule has 0 radical (unpaired) electrons. The largest absolute Gasteiger partial charge is 0.264 e. The summed E-state index contributed by atoms with van der Waals surface area (Å²) in [5.41, 5.74) is 3.36. The number of halogens is 1. The Morgan fingerprint density at radius 3 is 2.68 bits per heavy atom. The van der Waals surface area contributed by atoms with Crippen LogP contribution in [0.2, 0.25) is 5.02 Å². The van der Waals surface area contributed by atoms with Crippen LogP contribution in [-0.4, -0.2) is 9.97 Å². The first-order valence-electron chi connectivity index (χ1n) is 5.90. The average molecular weight is 287 g/mol. The topological polar surface area (TPSA) is 25.8 Å². The molecule has 2 heterocycles. The van der Waals surface area contributed by atoms with Crippen LogP contribution in [0.1, 0.15) is 11.3 Å². The minimum atomic E-state index is 0.762. The van der Waals surface area contributed by atoms with Gasteiger partial charge in [-0.15, -0.1) is 11.3 Å². The zero-order valence-electron chi connectivity index (χ0n) is 10.1. The molecule has 0 bridgehead atoms. The maximum atomic E-state index is 5.88. The predicted molar refractivity (Wildman–Crippen MR) is 79.6 cm³/mol. The summed E-state index contributed by atoms with van der Waals surface area (Å²) in [5.74, 6) is 0. The molecular formula is C15H11ClN2S. The van der Waals surface area contributed by atoms with Crippen molar-refractivity contribution in [1.82, 2.24) is 9.97 Å². The number of pyridine rings is 1. The summed E-state index contributed by atoms with van der Waals surface area (Å²) >= 11 is 7.53. The van der Waals surface area contributed by atoms with E-state index in [9.17, 15) is 0 Å². The Hall–Kier alpha value is -1.71. The van der Waals surface area contributed by atoms with Crippen molar-refractivity contribution >= 4 is 22.9 Å². The fourth-order valence-electron chi connectivity index (χ4n) is 1.82. The Morgan fingerprint density at radius 2 is 1.95 bits per heavy atom. The molecule has 0 saturated carbocycles. The molecule has 0 N–H and O–H groups in total. The second-order valence-corrected chi connectivity index (χ2v) is 5.48. The number of rotatable bonds is 3. The van der Waals surface area contributed by atoms with E-state index in [1.165, 1.54) is 5.56 Å². The van der Waals surface area contributed by atoms with Crippen molar-refractivity contribution in [2.24, 2.45) is 0 Å². The fourth-order valence-corrected chi connectivity index (χ4v) is 2.76. The van der Waals surface area contributed by atoms with E-state index in [-0.39, 0.29) is 0 Å². The van der Waals surface area contributed by atoms with Gasteiger partial charge in [-0.05, 0) is 29.8 Å². The smallest absolute Gasteiger partial charge is 0.125 e. The first-order chi connectivity index (χ1) is 9.31. The van der Waals surface area contributed by atoms with Crippen LogP contribution in [-0.2, 0) is 6.42 Å². The molecule has 3 aromatic rings. The molecule has 4 heteroatoms. The minimum absolute atomic E-state index is 0.762. The standard InChI is InChI=1S/C15H11ClN2S/c16-13-5-3-11(4-6-13)8-14-10-19-15(18-14)12-2-1-7-17-9-12/h1-7,9-10H,8H2. The van der Waals surface area contributed by atoms with Crippen LogP contribution >= 0.6 is 22.9 Å². The first kappa shape index (κ1) is 12.3. The Morgan fingerprint density at radius 1 is 1.11 bits per heavy atom. The van der Waals surface area contributed by atoms with Crippen LogP contribution in [0.3, 0.4) is 0 Å². The van der Waals surface area contributed by atoms with Crippen molar-refractivity contribution in [3.63, 3.8) is 0 Å². The SMILES string of the molecule is Clc1ccc(Cc2csc(-c3cccnc3)n2)cc1. The fraction of sp³-hybridized carbons (Fsp3) is 0.0667. The van der Waals surface area contributed by atoms with Gasteiger partial charge in [0, 0.05) is 34.8 Å². The highest BCUT2D eigenvalue weighted by molar-refractivity contribution is 7.13. The molecule has 0 saturated heterocycles. The second-order valence-electron chi connectivity index (χ2n) is 4.19. The number of thiazole rings is 1. The number of hydrogen-bond donors (Lipinski definition) is 0. The minimum Gasteiger partial charge on any atom is -0.264 e. The van der Waals surface area contributed by atoms with Gasteiger partial charge >= 0.3 is 0 Å². The van der Waals surface area contributed by atoms with Gasteiger partial charge in [-0.2, -0.15) is 0 Å². The van der Waals surface area contributed by atoms with E-state index in [4.69, 9.17) is 11.6 Å². The van der Waals surface area contributed by atoms with Gasteiger partial charge in [-0.25, -0.2) is 4.98 Å². The highest BCUT2D eigenvalue weighted by atomic mass is 35.5. The summed E-state index contributed by atoms with van der Waals surface area (Å²) in [7, 11) is 0. The van der Waals surface area contributed by atoms with Crippen molar-refractivity contribution < 1.29 is 0 Å². The molecule has 0 unspecified atom stereocenters. The van der Waals surface area contributed by atoms with Crippen LogP contribution in [0.4, 0.5) is 0 Å². The van der Waals surface area contributed by atoms with Crippen LogP contribution in [0.25, 0.3) is 10.6 Å². The quantitative estimate of drug-likeness (QED) is 0.711. The van der Waals surface area contributed by atoms with E-state index in [0.717, 1.165) is 27.7 Å². The molecule has 2 nitrogen and oxygen atoms in total. The molecule has 0 aliphatic rings. The summed E-state index contributed by atoms with van der Waals surface area (Å²) in [6, 6.07) is 11.8. The third-order valence-electron chi connectivity index (χ3n) is 2.76. The summed E-state index contributed by atoms with van der Waals surface area (Å²) in [4.78, 5) is 8.76. The number of aromatic nitrogens is 2. The lowest BCUT2D eigenvalue weighted by atomic mass is 10.1. The first-order valence-corrected chi connectivity index (χ1v) is 7.16. The molecule has 0 amide bonds. The lowest BCUT2D eigenvalue weighted by molar-refractivity contribution is 1.11. The highest BCUT2D eigenvalue weighted by Gasteiger charge is 2.05. The van der Waals surface area contributed by atoms with E-state index in [1.807, 2.05) is 42.6 Å². The van der Waals surface area contributed by atoms with E-state index < -0.39 is 0 Å². The van der Waals surface area contributed by atoms with Gasteiger partial charge in [-0.1, -0.05) is 23.7 Å². The molecular weight excluding hydrogens is 276 g/mol. The van der Waals surface area contributed by atoms with Gasteiger partial charge < -0.3 is 0 Å². The van der Waals surface area contributed by atoms with Crippen molar-refractivity contribution in [3.05, 3.63) is 70.5 Å². The molecule has 19 heavy (non-hydrogen) atoms. The van der Waals surface area contributed by atoms with Gasteiger partial charge in [0.1, 0.15) is 5.01 Å². The zero-order chi connectivity index (χ0) is 13.1. The molecule has 0 spiro atoms. The van der Waals surface area contributed by atoms with Gasteiger partial charge in [0.05, 0.1) is 5.69 Å². The Labute approximate surface area is 120 Å². The van der Waals surface area contributed by atoms with E-state index in [0.29, 0.717) is 0 Å². The maximum absolute atomic E-state index is 5.88. The van der Waals surface area contributed by atoms with Gasteiger partial charge in [0.15, 0.2) is 0 Å². The molecule has 0 atom stereocenters. The molecule has 0 aliphatic carbocycles. The maximum Gasteiger partial charge on any atom is 0.125 e. The van der Waals surface area contributed by atoms with Gasteiger partial charge in [-0.3, -0.25) is 4.98 Å². The monoisotopic (exact) mass is 286 g/mol. The molecule has 2 aromatic heterocycles. The van der Waals surface area contributed by atoms with Crippen molar-refractivity contribution in [3.8, 4) is 10.6 Å². The third-order valence-corrected chi connectivity index (χ3v) is 3.95. The zero-order valence-corrected chi connectivity index (χ0v) is 11.7. The van der Waals surface area contributed by atoms with Crippen molar-refractivity contribution in [1.29, 1.82) is 0 Å². The molecule has 1 aromatic carbocycles. The normalized spacial score (nSPS) is 10.6. The van der Waals surface area contributed by atoms with Crippen LogP contribution in [0.5, 0.6) is 0 Å². The molecule has 94 valence electrons. The average Bonchev–Trinajstić information content (AvgIpc) is 2.91. The number of benzene rings is 1. The summed E-state index contributed by atoms with van der Waals surface area (Å²) in [5, 5.41) is 3.87. The second kappa shape index (κ2) is 5.51. The summed E-state index contributed by atoms with van der Waals surface area (Å²) in [6.45, 7) is 0. The van der Waals surface area contributed by atoms with Crippen LogP contribution in [0.15, 0.2) is 54.2 Å². The third kappa shape index (κ3) is 3.00. The lowest BCUT2D eigenvalue weighted by Gasteiger charge is -1.98. The Balaban J connectivity index is 1.80. The van der Waals surface area contributed by atoms with Gasteiger partial charge in [0.25, 0.3) is 0 Å². The van der Waals surface area contributed by atoms with Crippen molar-refractivity contribution in [2.45, 2.75) is 6.42 Å². The van der Waals surface area contributed by atoms with E-state index in [1.54, 1.807) is 17.5 Å². The Bertz CT molecular complexity index is 662. The lowest BCUT2D eigenvalue weighted by Crippen LogP contribution is -1.88. The van der Waals surface area contributed by atoms with Crippen LogP contribution in [0, 0.1) is 0 Å². The van der Waals surface area contributed by atoms with E-state index >= 15 is 0 Å². The summed E-state index contributed by atoms with van der Waals surface area (Å²) in [6.07, 6.45) is 4.44. The number of nitrogens with zero attached hydrogens (tertiary/aromatic N) is 2. The van der Waals surface area contributed by atoms with E-state index in [2.05, 4.69) is 15.3 Å². The van der Waals surface area contributed by atoms with Gasteiger partial charge in [0.2, 0.25) is 0 Å². The number of hydrogen-bond acceptors (Lipinski definition) is 3. The molecule has 0 aliphatic heterocycles. The molecule has 0 fully saturated rings. The predicted octanol–water partition coefficient (Wildman–Crippen LogP) is 4.45. The Kier molecular flexibility index (Phi) is 3.58. The van der Waals surface area contributed by atoms with Crippen molar-refractivity contribution in [2.75, 3.05) is 0 Å². The summed E-state index contributed by atoms with van der Waals surface area (Å²) < 4.78 is 0. The molecule has 3 rings (SSSR count).